The van der Waals surface area contributed by atoms with Crippen LogP contribution in [0.5, 0.6) is 0 Å². The summed E-state index contributed by atoms with van der Waals surface area (Å²) in [4.78, 5) is 0. The average Bonchev–Trinajstić information content (AvgIpc) is 2.03. The molecular weight excluding hydrogens is 188 g/mol. The molecule has 0 aliphatic rings. The van der Waals surface area contributed by atoms with Crippen LogP contribution in [0.2, 0.25) is 0 Å². The van der Waals surface area contributed by atoms with Gasteiger partial charge < -0.3 is 5.73 Å². The number of hydrogen-bond acceptors (Lipinski definition) is 3. The Kier molecular flexibility index (Phi) is 4.88. The van der Waals surface area contributed by atoms with Crippen LogP contribution in [0.25, 0.3) is 0 Å². The van der Waals surface area contributed by atoms with Crippen LogP contribution in [0.3, 0.4) is 0 Å². The fourth-order valence-corrected chi connectivity index (χ4v) is 2.16. The highest BCUT2D eigenvalue weighted by atomic mass is 32.2. The molecule has 0 aromatic rings. The quantitative estimate of drug-likeness (QED) is 0.704. The van der Waals surface area contributed by atoms with Crippen LogP contribution >= 0.6 is 0 Å². The van der Waals surface area contributed by atoms with E-state index in [9.17, 15) is 8.42 Å². The lowest BCUT2D eigenvalue weighted by Gasteiger charge is -2.22. The zero-order chi connectivity index (χ0) is 10.6. The van der Waals surface area contributed by atoms with E-state index in [0.717, 1.165) is 0 Å². The first-order valence-corrected chi connectivity index (χ1v) is 5.98. The number of nitrogens with two attached hydrogens (primary N) is 1. The van der Waals surface area contributed by atoms with Crippen molar-refractivity contribution in [2.45, 2.75) is 26.0 Å². The van der Waals surface area contributed by atoms with Gasteiger partial charge in [0.25, 0.3) is 0 Å². The molecule has 1 unspecified atom stereocenters. The van der Waals surface area contributed by atoms with Crippen molar-refractivity contribution in [1.82, 2.24) is 4.31 Å². The molecule has 0 spiro atoms. The Hall–Kier alpha value is -0.130. The van der Waals surface area contributed by atoms with E-state index in [-0.39, 0.29) is 11.2 Å². The summed E-state index contributed by atoms with van der Waals surface area (Å²) in [5.41, 5.74) is 5.42. The van der Waals surface area contributed by atoms with Crippen LogP contribution in [0.1, 0.15) is 20.8 Å². The van der Waals surface area contributed by atoms with E-state index in [4.69, 9.17) is 5.73 Å². The average molecular weight is 208 g/mol. The maximum Gasteiger partial charge on any atom is 0.216 e. The van der Waals surface area contributed by atoms with Crippen molar-refractivity contribution in [1.29, 1.82) is 0 Å². The fourth-order valence-electron chi connectivity index (χ4n) is 0.977. The van der Waals surface area contributed by atoms with Crippen molar-refractivity contribution in [3.63, 3.8) is 0 Å². The smallest absolute Gasteiger partial charge is 0.216 e. The van der Waals surface area contributed by atoms with Crippen LogP contribution in [0.4, 0.5) is 0 Å². The Bertz CT molecular complexity index is 237. The Morgan fingerprint density at radius 3 is 2.08 bits per heavy atom. The molecule has 0 radical (unpaired) electrons. The minimum Gasteiger partial charge on any atom is -0.330 e. The second kappa shape index (κ2) is 4.93. The second-order valence-electron chi connectivity index (χ2n) is 3.72. The van der Waals surface area contributed by atoms with E-state index < -0.39 is 10.0 Å². The van der Waals surface area contributed by atoms with Gasteiger partial charge in [0.1, 0.15) is 0 Å². The van der Waals surface area contributed by atoms with Gasteiger partial charge in [-0.15, -0.1) is 0 Å². The van der Waals surface area contributed by atoms with E-state index in [1.165, 1.54) is 4.31 Å². The molecule has 4 nitrogen and oxygen atoms in total. The SMILES string of the molecule is CC(CN)CN(C)S(=O)(=O)C(C)C. The molecule has 80 valence electrons. The molecule has 5 heteroatoms. The highest BCUT2D eigenvalue weighted by Gasteiger charge is 2.22. The largest absolute Gasteiger partial charge is 0.330 e. The molecule has 2 N–H and O–H groups in total. The highest BCUT2D eigenvalue weighted by Crippen LogP contribution is 2.08. The fraction of sp³-hybridized carbons (Fsp3) is 1.00. The summed E-state index contributed by atoms with van der Waals surface area (Å²) in [6.07, 6.45) is 0. The van der Waals surface area contributed by atoms with Gasteiger partial charge in [0, 0.05) is 13.6 Å². The standard InChI is InChI=1S/C8H20N2O2S/c1-7(2)13(11,12)10(4)6-8(3)5-9/h7-8H,5-6,9H2,1-4H3. The lowest BCUT2D eigenvalue weighted by molar-refractivity contribution is 0.401. The predicted molar refractivity (Wildman–Crippen MR) is 54.9 cm³/mol. The van der Waals surface area contributed by atoms with E-state index in [2.05, 4.69) is 0 Å². The van der Waals surface area contributed by atoms with E-state index in [0.29, 0.717) is 13.1 Å². The van der Waals surface area contributed by atoms with Crippen molar-refractivity contribution in [3.05, 3.63) is 0 Å². The predicted octanol–water partition coefficient (Wildman–Crippen LogP) is 0.251. The maximum atomic E-state index is 11.6. The topological polar surface area (TPSA) is 63.4 Å². The van der Waals surface area contributed by atoms with Gasteiger partial charge in [-0.25, -0.2) is 12.7 Å². The van der Waals surface area contributed by atoms with Gasteiger partial charge in [0.15, 0.2) is 0 Å². The molecule has 0 heterocycles. The molecule has 13 heavy (non-hydrogen) atoms. The molecule has 0 fully saturated rings. The molecule has 0 bridgehead atoms. The van der Waals surface area contributed by atoms with Crippen molar-refractivity contribution < 1.29 is 8.42 Å². The third-order valence-corrected chi connectivity index (χ3v) is 4.21. The van der Waals surface area contributed by atoms with E-state index in [1.54, 1.807) is 20.9 Å². The molecule has 0 aromatic carbocycles. The Balaban J connectivity index is 4.35. The summed E-state index contributed by atoms with van der Waals surface area (Å²) in [5.74, 6) is 0.207. The van der Waals surface area contributed by atoms with Crippen LogP contribution < -0.4 is 5.73 Å². The maximum absolute atomic E-state index is 11.6. The molecule has 1 atom stereocenters. The highest BCUT2D eigenvalue weighted by molar-refractivity contribution is 7.89. The first kappa shape index (κ1) is 12.9. The summed E-state index contributed by atoms with van der Waals surface area (Å²) in [6, 6.07) is 0. The zero-order valence-corrected chi connectivity index (χ0v) is 9.63. The van der Waals surface area contributed by atoms with Crippen molar-refractivity contribution in [2.24, 2.45) is 11.7 Å². The van der Waals surface area contributed by atoms with Gasteiger partial charge in [-0.3, -0.25) is 0 Å². The third kappa shape index (κ3) is 3.62. The Morgan fingerprint density at radius 1 is 1.31 bits per heavy atom. The molecule has 0 aromatic heterocycles. The van der Waals surface area contributed by atoms with Crippen LogP contribution in [0.15, 0.2) is 0 Å². The minimum absolute atomic E-state index is 0.207. The Morgan fingerprint density at radius 2 is 1.77 bits per heavy atom. The number of hydrogen-bond donors (Lipinski definition) is 1. The number of rotatable bonds is 5. The van der Waals surface area contributed by atoms with Gasteiger partial charge in [0.2, 0.25) is 10.0 Å². The lowest BCUT2D eigenvalue weighted by atomic mass is 10.2. The zero-order valence-electron chi connectivity index (χ0n) is 8.82. The van der Waals surface area contributed by atoms with E-state index >= 15 is 0 Å². The summed E-state index contributed by atoms with van der Waals surface area (Å²) >= 11 is 0. The summed E-state index contributed by atoms with van der Waals surface area (Å²) in [5, 5.41) is -0.359. The second-order valence-corrected chi connectivity index (χ2v) is 6.31. The van der Waals surface area contributed by atoms with Gasteiger partial charge in [-0.2, -0.15) is 0 Å². The van der Waals surface area contributed by atoms with Gasteiger partial charge in [0.05, 0.1) is 5.25 Å². The molecular formula is C8H20N2O2S. The molecule has 0 saturated heterocycles. The van der Waals surface area contributed by atoms with E-state index in [1.807, 2.05) is 6.92 Å². The van der Waals surface area contributed by atoms with Crippen LogP contribution in [0, 0.1) is 5.92 Å². The molecule has 0 aliphatic carbocycles. The van der Waals surface area contributed by atoms with Crippen molar-refractivity contribution in [2.75, 3.05) is 20.1 Å². The van der Waals surface area contributed by atoms with Crippen molar-refractivity contribution in [3.8, 4) is 0 Å². The first-order chi connectivity index (χ1) is 5.82. The Labute approximate surface area is 81.2 Å². The van der Waals surface area contributed by atoms with Gasteiger partial charge >= 0.3 is 0 Å². The molecule has 0 amide bonds. The van der Waals surface area contributed by atoms with Gasteiger partial charge in [-0.05, 0) is 26.3 Å². The minimum atomic E-state index is -3.10. The first-order valence-electron chi connectivity index (χ1n) is 4.47. The number of sulfonamides is 1. The molecule has 0 saturated carbocycles. The summed E-state index contributed by atoms with van der Waals surface area (Å²) < 4.78 is 24.5. The van der Waals surface area contributed by atoms with Crippen LogP contribution in [-0.4, -0.2) is 38.1 Å². The monoisotopic (exact) mass is 208 g/mol. The third-order valence-electron chi connectivity index (χ3n) is 2.00. The van der Waals surface area contributed by atoms with Crippen molar-refractivity contribution >= 4 is 10.0 Å². The molecule has 0 aliphatic heterocycles. The van der Waals surface area contributed by atoms with Gasteiger partial charge in [-0.1, -0.05) is 6.92 Å². The molecule has 0 rings (SSSR count). The summed E-state index contributed by atoms with van der Waals surface area (Å²) in [7, 11) is -1.51. The summed E-state index contributed by atoms with van der Waals surface area (Å²) in [6.45, 7) is 6.30. The normalized spacial score (nSPS) is 15.3. The van der Waals surface area contributed by atoms with Crippen LogP contribution in [-0.2, 0) is 10.0 Å². The number of nitrogens with zero attached hydrogens (tertiary/aromatic N) is 1. The lowest BCUT2D eigenvalue weighted by Crippen LogP contribution is -2.37.